The van der Waals surface area contributed by atoms with Crippen molar-refractivity contribution < 1.29 is 5.11 Å². The Morgan fingerprint density at radius 3 is 1.70 bits per heavy atom. The summed E-state index contributed by atoms with van der Waals surface area (Å²) in [6.07, 6.45) is 0. The van der Waals surface area contributed by atoms with Gasteiger partial charge in [0.2, 0.25) is 0 Å². The molecule has 0 fully saturated rings. The molecule has 0 aliphatic heterocycles. The molecule has 5 aromatic rings. The summed E-state index contributed by atoms with van der Waals surface area (Å²) in [4.78, 5) is 0. The number of aliphatic hydroxyl groups excluding tert-OH is 1. The van der Waals surface area contributed by atoms with Gasteiger partial charge in [-0.1, -0.05) is 84.9 Å². The fraction of sp³-hybridized carbons (Fsp3) is 0.0400. The summed E-state index contributed by atoms with van der Waals surface area (Å²) in [5.41, 5.74) is 3.14. The van der Waals surface area contributed by atoms with Crippen LogP contribution in [0.2, 0.25) is 0 Å². The fourth-order valence-corrected chi connectivity index (χ4v) is 3.99. The van der Waals surface area contributed by atoms with Crippen LogP contribution in [-0.2, 0) is 6.61 Å². The zero-order valence-electron chi connectivity index (χ0n) is 14.8. The van der Waals surface area contributed by atoms with Gasteiger partial charge in [0, 0.05) is 21.8 Å². The summed E-state index contributed by atoms with van der Waals surface area (Å²) in [5.74, 6) is 0. The minimum Gasteiger partial charge on any atom is -0.392 e. The molecule has 0 unspecified atom stereocenters. The van der Waals surface area contributed by atoms with Gasteiger partial charge in [0.1, 0.15) is 0 Å². The quantitative estimate of drug-likeness (QED) is 0.370. The van der Waals surface area contributed by atoms with Gasteiger partial charge in [-0.15, -0.1) is 0 Å². The smallest absolute Gasteiger partial charge is 0.0693 e. The van der Waals surface area contributed by atoms with E-state index in [-0.39, 0.29) is 6.61 Å². The second-order valence-corrected chi connectivity index (χ2v) is 6.75. The summed E-state index contributed by atoms with van der Waals surface area (Å²) < 4.78 is 0. The normalized spacial score (nSPS) is 11.3. The zero-order chi connectivity index (χ0) is 18.2. The van der Waals surface area contributed by atoms with Crippen LogP contribution in [0.4, 0.5) is 11.4 Å². The van der Waals surface area contributed by atoms with E-state index in [4.69, 9.17) is 0 Å². The second kappa shape index (κ2) is 6.42. The van der Waals surface area contributed by atoms with Gasteiger partial charge in [-0.3, -0.25) is 0 Å². The van der Waals surface area contributed by atoms with Gasteiger partial charge in [0.05, 0.1) is 12.3 Å². The summed E-state index contributed by atoms with van der Waals surface area (Å²) >= 11 is 0. The van der Waals surface area contributed by atoms with Crippen molar-refractivity contribution in [1.82, 2.24) is 0 Å². The third kappa shape index (κ3) is 2.54. The van der Waals surface area contributed by atoms with E-state index in [9.17, 15) is 5.11 Å². The van der Waals surface area contributed by atoms with Crippen molar-refractivity contribution in [3.05, 3.63) is 96.6 Å². The van der Waals surface area contributed by atoms with Crippen molar-refractivity contribution in [3.8, 4) is 0 Å². The van der Waals surface area contributed by atoms with E-state index in [0.29, 0.717) is 0 Å². The maximum atomic E-state index is 10.0. The Bertz CT molecular complexity index is 1230. The number of nitrogens with one attached hydrogen (secondary N) is 1. The number of benzene rings is 5. The Morgan fingerprint density at radius 2 is 1.07 bits per heavy atom. The van der Waals surface area contributed by atoms with Crippen LogP contribution in [0.5, 0.6) is 0 Å². The zero-order valence-corrected chi connectivity index (χ0v) is 14.8. The van der Waals surface area contributed by atoms with Gasteiger partial charge in [-0.05, 0) is 27.8 Å². The molecule has 130 valence electrons. The molecule has 5 rings (SSSR count). The van der Waals surface area contributed by atoms with Crippen LogP contribution in [-0.4, -0.2) is 5.11 Å². The van der Waals surface area contributed by atoms with Crippen LogP contribution in [0, 0.1) is 0 Å². The lowest BCUT2D eigenvalue weighted by Gasteiger charge is -2.18. The number of aliphatic hydroxyl groups is 1. The molecule has 0 aromatic heterocycles. The van der Waals surface area contributed by atoms with Crippen LogP contribution in [0.3, 0.4) is 0 Å². The summed E-state index contributed by atoms with van der Waals surface area (Å²) in [6.45, 7) is 0.0234. The fourth-order valence-electron chi connectivity index (χ4n) is 3.99. The average Bonchev–Trinajstić information content (AvgIpc) is 2.74. The van der Waals surface area contributed by atoms with Crippen LogP contribution in [0.25, 0.3) is 32.3 Å². The highest BCUT2D eigenvalue weighted by molar-refractivity contribution is 6.15. The molecule has 27 heavy (non-hydrogen) atoms. The molecule has 0 spiro atoms. The molecule has 0 saturated carbocycles. The van der Waals surface area contributed by atoms with Gasteiger partial charge in [-0.25, -0.2) is 0 Å². The van der Waals surface area contributed by atoms with E-state index in [2.05, 4.69) is 72.0 Å². The maximum Gasteiger partial charge on any atom is 0.0693 e. The van der Waals surface area contributed by atoms with Gasteiger partial charge in [-0.2, -0.15) is 0 Å². The Kier molecular flexibility index (Phi) is 3.77. The first kappa shape index (κ1) is 15.9. The molecular formula is C25H19NO. The number of anilines is 2. The highest BCUT2D eigenvalue weighted by atomic mass is 16.3. The molecule has 0 aliphatic rings. The Morgan fingerprint density at radius 1 is 0.556 bits per heavy atom. The Hall–Kier alpha value is -3.36. The minimum atomic E-state index is 0.0234. The number of rotatable bonds is 3. The van der Waals surface area contributed by atoms with Gasteiger partial charge in [0.15, 0.2) is 0 Å². The van der Waals surface area contributed by atoms with E-state index >= 15 is 0 Å². The predicted molar refractivity (Wildman–Crippen MR) is 115 cm³/mol. The molecule has 0 heterocycles. The van der Waals surface area contributed by atoms with Crippen LogP contribution < -0.4 is 5.32 Å². The topological polar surface area (TPSA) is 32.3 Å². The highest BCUT2D eigenvalue weighted by Crippen LogP contribution is 2.39. The minimum absolute atomic E-state index is 0.0234. The molecule has 2 nitrogen and oxygen atoms in total. The molecule has 0 radical (unpaired) electrons. The first-order valence-corrected chi connectivity index (χ1v) is 9.15. The molecule has 0 saturated heterocycles. The number of hydrogen-bond donors (Lipinski definition) is 2. The molecule has 0 atom stereocenters. The van der Waals surface area contributed by atoms with Crippen molar-refractivity contribution in [2.45, 2.75) is 6.61 Å². The molecule has 0 bridgehead atoms. The molecular weight excluding hydrogens is 330 g/mol. The van der Waals surface area contributed by atoms with Crippen molar-refractivity contribution in [2.75, 3.05) is 5.32 Å². The van der Waals surface area contributed by atoms with E-state index in [1.54, 1.807) is 0 Å². The van der Waals surface area contributed by atoms with Crippen molar-refractivity contribution in [1.29, 1.82) is 0 Å². The first-order valence-electron chi connectivity index (χ1n) is 9.15. The van der Waals surface area contributed by atoms with Crippen LogP contribution in [0.1, 0.15) is 5.56 Å². The molecule has 2 N–H and O–H groups in total. The average molecular weight is 349 g/mol. The summed E-state index contributed by atoms with van der Waals surface area (Å²) in [7, 11) is 0. The van der Waals surface area contributed by atoms with Gasteiger partial charge in [0.25, 0.3) is 0 Å². The third-order valence-electron chi connectivity index (χ3n) is 5.25. The first-order chi connectivity index (χ1) is 13.4. The van der Waals surface area contributed by atoms with E-state index < -0.39 is 0 Å². The molecule has 2 heteroatoms. The highest BCUT2D eigenvalue weighted by Gasteiger charge is 2.13. The SMILES string of the molecule is OCc1c2ccccc2c(Nc2cccc3ccccc23)c2ccccc12. The summed E-state index contributed by atoms with van der Waals surface area (Å²) in [5, 5.41) is 20.5. The largest absolute Gasteiger partial charge is 0.392 e. The number of fused-ring (bicyclic) bond motifs is 3. The monoisotopic (exact) mass is 349 g/mol. The molecule has 0 aliphatic carbocycles. The third-order valence-corrected chi connectivity index (χ3v) is 5.25. The molecule has 0 amide bonds. The Balaban J connectivity index is 1.84. The van der Waals surface area contributed by atoms with E-state index in [1.165, 1.54) is 10.8 Å². The lowest BCUT2D eigenvalue weighted by Crippen LogP contribution is -1.97. The predicted octanol–water partition coefficient (Wildman–Crippen LogP) is 6.38. The standard InChI is InChI=1S/C25H19NO/c27-16-23-19-11-3-5-13-21(19)25(22-14-6-4-12-20(22)23)26-24-15-7-9-17-8-1-2-10-18(17)24/h1-15,26-27H,16H2. The van der Waals surface area contributed by atoms with Gasteiger partial charge < -0.3 is 10.4 Å². The molecule has 5 aromatic carbocycles. The Labute approximate surface area is 157 Å². The van der Waals surface area contributed by atoms with Gasteiger partial charge >= 0.3 is 0 Å². The lowest BCUT2D eigenvalue weighted by molar-refractivity contribution is 0.285. The number of hydrogen-bond acceptors (Lipinski definition) is 2. The van der Waals surface area contributed by atoms with Crippen LogP contribution >= 0.6 is 0 Å². The van der Waals surface area contributed by atoms with Crippen molar-refractivity contribution in [3.63, 3.8) is 0 Å². The van der Waals surface area contributed by atoms with Crippen LogP contribution in [0.15, 0.2) is 91.0 Å². The van der Waals surface area contributed by atoms with E-state index in [1.807, 2.05) is 24.3 Å². The van der Waals surface area contributed by atoms with Crippen molar-refractivity contribution in [2.24, 2.45) is 0 Å². The van der Waals surface area contributed by atoms with Crippen molar-refractivity contribution >= 4 is 43.7 Å². The second-order valence-electron chi connectivity index (χ2n) is 6.75. The lowest BCUT2D eigenvalue weighted by atomic mass is 9.94. The van der Waals surface area contributed by atoms with E-state index in [0.717, 1.165) is 38.5 Å². The maximum absolute atomic E-state index is 10.0. The summed E-state index contributed by atoms with van der Waals surface area (Å²) in [6, 6.07) is 31.3.